The Bertz CT molecular complexity index is 988. The van der Waals surface area contributed by atoms with Gasteiger partial charge in [0.1, 0.15) is 5.75 Å². The number of rotatable bonds is 4. The Morgan fingerprint density at radius 1 is 1.06 bits per heavy atom. The quantitative estimate of drug-likeness (QED) is 0.784. The van der Waals surface area contributed by atoms with Crippen molar-refractivity contribution in [2.24, 2.45) is 5.92 Å². The second kappa shape index (κ2) is 8.42. The number of nitrogens with zero attached hydrogens (tertiary/aromatic N) is 2. The first-order valence-electron chi connectivity index (χ1n) is 11.0. The molecular formula is C24H26ClN3O3. The van der Waals surface area contributed by atoms with Crippen LogP contribution in [-0.2, 0) is 9.59 Å². The maximum absolute atomic E-state index is 13.0. The molecule has 3 aliphatic rings. The van der Waals surface area contributed by atoms with Gasteiger partial charge in [0.05, 0.1) is 18.6 Å². The molecule has 3 aliphatic heterocycles. The van der Waals surface area contributed by atoms with E-state index < -0.39 is 0 Å². The molecule has 7 heteroatoms. The van der Waals surface area contributed by atoms with Gasteiger partial charge in [-0.25, -0.2) is 0 Å². The largest absolute Gasteiger partial charge is 0.493 e. The molecule has 1 N–H and O–H groups in total. The monoisotopic (exact) mass is 439 g/mol. The Morgan fingerprint density at radius 2 is 1.81 bits per heavy atom. The fourth-order valence-electron chi connectivity index (χ4n) is 4.76. The van der Waals surface area contributed by atoms with E-state index in [1.165, 1.54) is 18.5 Å². The van der Waals surface area contributed by atoms with Gasteiger partial charge in [-0.05, 0) is 55.3 Å². The van der Waals surface area contributed by atoms with E-state index in [0.29, 0.717) is 24.6 Å². The van der Waals surface area contributed by atoms with E-state index in [0.717, 1.165) is 30.1 Å². The van der Waals surface area contributed by atoms with Crippen LogP contribution >= 0.6 is 11.6 Å². The van der Waals surface area contributed by atoms with E-state index >= 15 is 0 Å². The highest BCUT2D eigenvalue weighted by atomic mass is 35.5. The van der Waals surface area contributed by atoms with Gasteiger partial charge >= 0.3 is 0 Å². The maximum Gasteiger partial charge on any atom is 0.227 e. The molecule has 162 valence electrons. The van der Waals surface area contributed by atoms with Crippen LogP contribution in [0.1, 0.15) is 37.3 Å². The van der Waals surface area contributed by atoms with Crippen LogP contribution in [0.4, 0.5) is 11.4 Å². The SMILES string of the molecule is O=C(NC1CCOc2ccc(Cl)cc21)C1CC(=O)N(c2ccc(N3CCCC3)cc2)C1. The molecule has 0 saturated carbocycles. The van der Waals surface area contributed by atoms with Crippen molar-refractivity contribution in [1.29, 1.82) is 0 Å². The third-order valence-corrected chi connectivity index (χ3v) is 6.69. The molecule has 2 aromatic carbocycles. The number of nitrogens with one attached hydrogen (secondary N) is 1. The zero-order valence-corrected chi connectivity index (χ0v) is 18.1. The molecule has 3 heterocycles. The van der Waals surface area contributed by atoms with E-state index in [9.17, 15) is 9.59 Å². The number of hydrogen-bond acceptors (Lipinski definition) is 4. The minimum Gasteiger partial charge on any atom is -0.493 e. The van der Waals surface area contributed by atoms with Crippen molar-refractivity contribution in [2.75, 3.05) is 36.0 Å². The molecule has 0 radical (unpaired) electrons. The van der Waals surface area contributed by atoms with Gasteiger partial charge in [-0.15, -0.1) is 0 Å². The molecule has 2 unspecified atom stereocenters. The van der Waals surface area contributed by atoms with E-state index in [4.69, 9.17) is 16.3 Å². The normalized spacial score (nSPS) is 22.9. The van der Waals surface area contributed by atoms with Gasteiger partial charge in [0.15, 0.2) is 0 Å². The highest BCUT2D eigenvalue weighted by molar-refractivity contribution is 6.30. The summed E-state index contributed by atoms with van der Waals surface area (Å²) >= 11 is 6.14. The molecule has 31 heavy (non-hydrogen) atoms. The molecule has 2 amide bonds. The first-order chi connectivity index (χ1) is 15.1. The molecule has 5 rings (SSSR count). The smallest absolute Gasteiger partial charge is 0.227 e. The topological polar surface area (TPSA) is 61.9 Å². The molecule has 0 bridgehead atoms. The van der Waals surface area contributed by atoms with Crippen molar-refractivity contribution in [3.63, 3.8) is 0 Å². The number of halogens is 1. The Labute approximate surface area is 187 Å². The van der Waals surface area contributed by atoms with Crippen molar-refractivity contribution in [3.05, 3.63) is 53.1 Å². The zero-order chi connectivity index (χ0) is 21.4. The number of benzene rings is 2. The van der Waals surface area contributed by atoms with Crippen molar-refractivity contribution in [1.82, 2.24) is 5.32 Å². The van der Waals surface area contributed by atoms with Crippen LogP contribution in [0, 0.1) is 5.92 Å². The van der Waals surface area contributed by atoms with E-state index in [2.05, 4.69) is 22.3 Å². The van der Waals surface area contributed by atoms with Crippen LogP contribution in [-0.4, -0.2) is 38.1 Å². The molecule has 0 aliphatic carbocycles. The standard InChI is InChI=1S/C24H26ClN3O3/c25-17-3-8-22-20(14-17)21(9-12-31-22)26-24(30)16-13-23(29)28(15-16)19-6-4-18(5-7-19)27-10-1-2-11-27/h3-8,14,16,21H,1-2,9-13,15H2,(H,26,30). The summed E-state index contributed by atoms with van der Waals surface area (Å²) in [4.78, 5) is 29.7. The van der Waals surface area contributed by atoms with Gasteiger partial charge < -0.3 is 19.9 Å². The Kier molecular flexibility index (Phi) is 5.48. The van der Waals surface area contributed by atoms with E-state index in [1.807, 2.05) is 24.3 Å². The number of anilines is 2. The molecule has 0 spiro atoms. The van der Waals surface area contributed by atoms with Gasteiger partial charge in [0.2, 0.25) is 11.8 Å². The molecule has 2 fully saturated rings. The first-order valence-corrected chi connectivity index (χ1v) is 11.3. The summed E-state index contributed by atoms with van der Waals surface area (Å²) in [5.74, 6) is 0.284. The zero-order valence-electron chi connectivity index (χ0n) is 17.4. The van der Waals surface area contributed by atoms with Crippen molar-refractivity contribution >= 4 is 34.8 Å². The van der Waals surface area contributed by atoms with Crippen LogP contribution in [0.2, 0.25) is 5.02 Å². The number of carbonyl (C=O) groups excluding carboxylic acids is 2. The molecule has 2 saturated heterocycles. The average molecular weight is 440 g/mol. The van der Waals surface area contributed by atoms with Crippen molar-refractivity contribution in [2.45, 2.75) is 31.7 Å². The Balaban J connectivity index is 1.25. The second-order valence-corrected chi connectivity index (χ2v) is 8.93. The summed E-state index contributed by atoms with van der Waals surface area (Å²) in [6.45, 7) is 3.12. The van der Waals surface area contributed by atoms with Crippen molar-refractivity contribution in [3.8, 4) is 5.75 Å². The number of hydrogen-bond donors (Lipinski definition) is 1. The summed E-state index contributed by atoms with van der Waals surface area (Å²) in [5, 5.41) is 3.73. The van der Waals surface area contributed by atoms with Crippen LogP contribution < -0.4 is 19.9 Å². The molecule has 2 atom stereocenters. The van der Waals surface area contributed by atoms with Crippen LogP contribution in [0.3, 0.4) is 0 Å². The lowest BCUT2D eigenvalue weighted by Gasteiger charge is -2.28. The molecule has 6 nitrogen and oxygen atoms in total. The van der Waals surface area contributed by atoms with Gasteiger partial charge in [-0.2, -0.15) is 0 Å². The maximum atomic E-state index is 13.0. The summed E-state index contributed by atoms with van der Waals surface area (Å²) in [7, 11) is 0. The lowest BCUT2D eigenvalue weighted by Crippen LogP contribution is -2.37. The average Bonchev–Trinajstić information content (AvgIpc) is 3.44. The predicted molar refractivity (Wildman–Crippen MR) is 121 cm³/mol. The van der Waals surface area contributed by atoms with Crippen molar-refractivity contribution < 1.29 is 14.3 Å². The van der Waals surface area contributed by atoms with Gasteiger partial charge in [0, 0.05) is 54.4 Å². The van der Waals surface area contributed by atoms with E-state index in [-0.39, 0.29) is 30.2 Å². The highest BCUT2D eigenvalue weighted by Gasteiger charge is 2.36. The Morgan fingerprint density at radius 3 is 2.58 bits per heavy atom. The number of fused-ring (bicyclic) bond motifs is 1. The van der Waals surface area contributed by atoms with Gasteiger partial charge in [-0.3, -0.25) is 9.59 Å². The molecule has 2 aromatic rings. The summed E-state index contributed by atoms with van der Waals surface area (Å²) in [6.07, 6.45) is 3.37. The fourth-order valence-corrected chi connectivity index (χ4v) is 4.94. The third kappa shape index (κ3) is 4.09. The number of ether oxygens (including phenoxy) is 1. The predicted octanol–water partition coefficient (Wildman–Crippen LogP) is 3.93. The second-order valence-electron chi connectivity index (χ2n) is 8.50. The molecular weight excluding hydrogens is 414 g/mol. The van der Waals surface area contributed by atoms with Gasteiger partial charge in [0.25, 0.3) is 0 Å². The highest BCUT2D eigenvalue weighted by Crippen LogP contribution is 2.35. The Hall–Kier alpha value is -2.73. The third-order valence-electron chi connectivity index (χ3n) is 6.46. The minimum atomic E-state index is -0.365. The summed E-state index contributed by atoms with van der Waals surface area (Å²) in [6, 6.07) is 13.4. The molecule has 0 aromatic heterocycles. The van der Waals surface area contributed by atoms with Crippen LogP contribution in [0.15, 0.2) is 42.5 Å². The number of amides is 2. The van der Waals surface area contributed by atoms with E-state index in [1.54, 1.807) is 11.0 Å². The van der Waals surface area contributed by atoms with Crippen LogP contribution in [0.25, 0.3) is 0 Å². The first kappa shape index (κ1) is 20.2. The summed E-state index contributed by atoms with van der Waals surface area (Å²) in [5.41, 5.74) is 2.94. The lowest BCUT2D eigenvalue weighted by atomic mass is 9.99. The fraction of sp³-hybridized carbons (Fsp3) is 0.417. The minimum absolute atomic E-state index is 0.00973. The van der Waals surface area contributed by atoms with Gasteiger partial charge in [-0.1, -0.05) is 11.6 Å². The summed E-state index contributed by atoms with van der Waals surface area (Å²) < 4.78 is 5.68. The number of carbonyl (C=O) groups is 2. The lowest BCUT2D eigenvalue weighted by molar-refractivity contribution is -0.127. The van der Waals surface area contributed by atoms with Crippen LogP contribution in [0.5, 0.6) is 5.75 Å².